The van der Waals surface area contributed by atoms with E-state index in [0.29, 0.717) is 17.2 Å². The zero-order chi connectivity index (χ0) is 14.5. The highest BCUT2D eigenvalue weighted by atomic mass is 16.5. The molecule has 0 unspecified atom stereocenters. The summed E-state index contributed by atoms with van der Waals surface area (Å²) < 4.78 is 5.75. The number of hydrogen-bond donors (Lipinski definition) is 2. The number of oxime groups is 1. The van der Waals surface area contributed by atoms with Crippen LogP contribution >= 0.6 is 0 Å². The Balaban J connectivity index is 2.24. The van der Waals surface area contributed by atoms with Crippen molar-refractivity contribution in [2.45, 2.75) is 0 Å². The van der Waals surface area contributed by atoms with Gasteiger partial charge in [-0.25, -0.2) is 0 Å². The van der Waals surface area contributed by atoms with Gasteiger partial charge >= 0.3 is 0 Å². The Morgan fingerprint density at radius 2 is 2.00 bits per heavy atom. The van der Waals surface area contributed by atoms with Gasteiger partial charge in [0, 0.05) is 38.1 Å². The second kappa shape index (κ2) is 5.92. The van der Waals surface area contributed by atoms with Gasteiger partial charge in [0.25, 0.3) is 0 Å². The molecule has 0 spiro atoms. The van der Waals surface area contributed by atoms with Crippen molar-refractivity contribution >= 4 is 11.5 Å². The molecule has 0 radical (unpaired) electrons. The van der Waals surface area contributed by atoms with E-state index in [1.165, 1.54) is 0 Å². The number of ether oxygens (including phenoxy) is 1. The molecule has 3 N–H and O–H groups in total. The normalized spacial score (nSPS) is 11.2. The van der Waals surface area contributed by atoms with Gasteiger partial charge in [-0.3, -0.25) is 4.98 Å². The molecule has 0 atom stereocenters. The predicted molar refractivity (Wildman–Crippen MR) is 77.6 cm³/mol. The van der Waals surface area contributed by atoms with Gasteiger partial charge in [-0.2, -0.15) is 0 Å². The Bertz CT molecular complexity index is 626. The molecule has 1 heterocycles. The molecule has 6 heteroatoms. The summed E-state index contributed by atoms with van der Waals surface area (Å²) in [6, 6.07) is 11.0. The lowest BCUT2D eigenvalue weighted by molar-refractivity contribution is 0.318. The van der Waals surface area contributed by atoms with Gasteiger partial charge in [-0.15, -0.1) is 0 Å². The third-order valence-electron chi connectivity index (χ3n) is 2.67. The summed E-state index contributed by atoms with van der Waals surface area (Å²) in [4.78, 5) is 5.98. The molecule has 0 saturated heterocycles. The molecule has 2 aromatic rings. The fraction of sp³-hybridized carbons (Fsp3) is 0.143. The topological polar surface area (TPSA) is 84.0 Å². The van der Waals surface area contributed by atoms with Crippen molar-refractivity contribution in [1.29, 1.82) is 0 Å². The molecule has 6 nitrogen and oxygen atoms in total. The van der Waals surface area contributed by atoms with Crippen LogP contribution in [0.25, 0.3) is 0 Å². The molecular formula is C14H16N4O2. The van der Waals surface area contributed by atoms with Gasteiger partial charge in [-0.05, 0) is 18.2 Å². The van der Waals surface area contributed by atoms with Gasteiger partial charge in [0.15, 0.2) is 5.84 Å². The van der Waals surface area contributed by atoms with Crippen molar-refractivity contribution in [2.24, 2.45) is 10.9 Å². The van der Waals surface area contributed by atoms with Crippen LogP contribution in [0.5, 0.6) is 11.5 Å². The highest BCUT2D eigenvalue weighted by Crippen LogP contribution is 2.25. The Hall–Kier alpha value is -2.76. The molecule has 20 heavy (non-hydrogen) atoms. The van der Waals surface area contributed by atoms with Crippen LogP contribution in [0.4, 0.5) is 5.69 Å². The molecule has 1 aromatic heterocycles. The number of amidine groups is 1. The van der Waals surface area contributed by atoms with E-state index in [9.17, 15) is 0 Å². The maximum Gasteiger partial charge on any atom is 0.188 e. The largest absolute Gasteiger partial charge is 0.457 e. The van der Waals surface area contributed by atoms with Gasteiger partial charge in [0.05, 0.1) is 0 Å². The standard InChI is InChI=1S/C14H16N4O2/c1-18(2)10-4-3-5-11(8-10)20-12-6-7-16-13(9-12)14(15)17-19/h3-9,19H,1-2H3,(H2,15,17). The smallest absolute Gasteiger partial charge is 0.188 e. The van der Waals surface area contributed by atoms with Crippen LogP contribution in [0.15, 0.2) is 47.8 Å². The first kappa shape index (κ1) is 13.7. The van der Waals surface area contributed by atoms with E-state index in [0.717, 1.165) is 5.69 Å². The molecule has 0 amide bonds. The molecule has 0 aliphatic carbocycles. The van der Waals surface area contributed by atoms with Crippen LogP contribution in [0.2, 0.25) is 0 Å². The van der Waals surface area contributed by atoms with Crippen LogP contribution in [0, 0.1) is 0 Å². The first-order chi connectivity index (χ1) is 9.60. The van der Waals surface area contributed by atoms with E-state index in [1.54, 1.807) is 18.3 Å². The number of pyridine rings is 1. The fourth-order valence-electron chi connectivity index (χ4n) is 1.63. The van der Waals surface area contributed by atoms with Gasteiger partial charge in [0.1, 0.15) is 17.2 Å². The van der Waals surface area contributed by atoms with Crippen LogP contribution in [0.3, 0.4) is 0 Å². The molecule has 0 aliphatic heterocycles. The molecule has 0 aliphatic rings. The minimum atomic E-state index is -0.0579. The van der Waals surface area contributed by atoms with Crippen molar-refractivity contribution in [3.05, 3.63) is 48.3 Å². The Morgan fingerprint density at radius 3 is 2.70 bits per heavy atom. The van der Waals surface area contributed by atoms with E-state index >= 15 is 0 Å². The average molecular weight is 272 g/mol. The summed E-state index contributed by atoms with van der Waals surface area (Å²) in [6.07, 6.45) is 1.54. The Labute approximate surface area is 117 Å². The van der Waals surface area contributed by atoms with Crippen molar-refractivity contribution in [3.63, 3.8) is 0 Å². The lowest BCUT2D eigenvalue weighted by Gasteiger charge is -2.14. The zero-order valence-corrected chi connectivity index (χ0v) is 11.3. The lowest BCUT2D eigenvalue weighted by Crippen LogP contribution is -2.14. The molecule has 0 saturated carbocycles. The monoisotopic (exact) mass is 272 g/mol. The quantitative estimate of drug-likeness (QED) is 0.385. The summed E-state index contributed by atoms with van der Waals surface area (Å²) in [7, 11) is 3.92. The number of hydrogen-bond acceptors (Lipinski definition) is 5. The second-order valence-corrected chi connectivity index (χ2v) is 4.36. The van der Waals surface area contributed by atoms with Crippen molar-refractivity contribution in [1.82, 2.24) is 4.98 Å². The fourth-order valence-corrected chi connectivity index (χ4v) is 1.63. The molecule has 0 fully saturated rings. The number of aromatic nitrogens is 1. The summed E-state index contributed by atoms with van der Waals surface area (Å²) >= 11 is 0. The maximum absolute atomic E-state index is 8.64. The third kappa shape index (κ3) is 3.17. The molecule has 1 aromatic carbocycles. The first-order valence-corrected chi connectivity index (χ1v) is 5.99. The van der Waals surface area contributed by atoms with Crippen LogP contribution in [-0.2, 0) is 0 Å². The van der Waals surface area contributed by atoms with Gasteiger partial charge < -0.3 is 20.6 Å². The first-order valence-electron chi connectivity index (χ1n) is 5.99. The Morgan fingerprint density at radius 1 is 1.25 bits per heavy atom. The van der Waals surface area contributed by atoms with E-state index in [4.69, 9.17) is 15.7 Å². The SMILES string of the molecule is CN(C)c1cccc(Oc2ccnc(C(N)=NO)c2)c1. The maximum atomic E-state index is 8.64. The highest BCUT2D eigenvalue weighted by molar-refractivity contribution is 5.95. The van der Waals surface area contributed by atoms with E-state index in [2.05, 4.69) is 10.1 Å². The minimum Gasteiger partial charge on any atom is -0.457 e. The Kier molecular flexibility index (Phi) is 4.05. The average Bonchev–Trinajstić information content (AvgIpc) is 2.47. The van der Waals surface area contributed by atoms with Crippen LogP contribution in [0.1, 0.15) is 5.69 Å². The zero-order valence-electron chi connectivity index (χ0n) is 11.3. The van der Waals surface area contributed by atoms with E-state index < -0.39 is 0 Å². The lowest BCUT2D eigenvalue weighted by atomic mass is 10.3. The molecule has 104 valence electrons. The van der Waals surface area contributed by atoms with Crippen molar-refractivity contribution in [2.75, 3.05) is 19.0 Å². The molecule has 2 rings (SSSR count). The third-order valence-corrected chi connectivity index (χ3v) is 2.67. The van der Waals surface area contributed by atoms with Gasteiger partial charge in [0.2, 0.25) is 0 Å². The summed E-state index contributed by atoms with van der Waals surface area (Å²) in [5.74, 6) is 1.21. The van der Waals surface area contributed by atoms with Crippen LogP contribution in [-0.4, -0.2) is 30.1 Å². The molecular weight excluding hydrogens is 256 g/mol. The second-order valence-electron chi connectivity index (χ2n) is 4.36. The van der Waals surface area contributed by atoms with Gasteiger partial charge in [-0.1, -0.05) is 11.2 Å². The number of benzene rings is 1. The van der Waals surface area contributed by atoms with Crippen molar-refractivity contribution in [3.8, 4) is 11.5 Å². The number of nitrogens with zero attached hydrogens (tertiary/aromatic N) is 3. The van der Waals surface area contributed by atoms with E-state index in [1.807, 2.05) is 43.3 Å². The number of rotatable bonds is 4. The molecule has 0 bridgehead atoms. The number of anilines is 1. The summed E-state index contributed by atoms with van der Waals surface area (Å²) in [6.45, 7) is 0. The van der Waals surface area contributed by atoms with Crippen LogP contribution < -0.4 is 15.4 Å². The minimum absolute atomic E-state index is 0.0579. The van der Waals surface area contributed by atoms with Crippen molar-refractivity contribution < 1.29 is 9.94 Å². The summed E-state index contributed by atoms with van der Waals surface area (Å²) in [5, 5.41) is 11.6. The predicted octanol–water partition coefficient (Wildman–Crippen LogP) is 2.03. The highest BCUT2D eigenvalue weighted by Gasteiger charge is 2.05. The number of nitrogens with two attached hydrogens (primary N) is 1. The van der Waals surface area contributed by atoms with E-state index in [-0.39, 0.29) is 5.84 Å². The summed E-state index contributed by atoms with van der Waals surface area (Å²) in [5.41, 5.74) is 6.89.